The summed E-state index contributed by atoms with van der Waals surface area (Å²) in [6.07, 6.45) is 0. The molecular weight excluding hydrogens is 298 g/mol. The van der Waals surface area contributed by atoms with Gasteiger partial charge in [-0.1, -0.05) is 53.7 Å². The van der Waals surface area contributed by atoms with Gasteiger partial charge in [-0.15, -0.1) is 0 Å². The number of fused-ring (bicyclic) bond motifs is 2. The van der Waals surface area contributed by atoms with Gasteiger partial charge in [0.25, 0.3) is 0 Å². The molecule has 4 heteroatoms. The van der Waals surface area contributed by atoms with Crippen molar-refractivity contribution in [1.82, 2.24) is 15.0 Å². The summed E-state index contributed by atoms with van der Waals surface area (Å²) in [5.41, 5.74) is 5.08. The van der Waals surface area contributed by atoms with Crippen molar-refractivity contribution >= 4 is 24.4 Å². The Kier molecular flexibility index (Phi) is 4.04. The number of aromatic amines is 1. The molecule has 0 bridgehead atoms. The smallest absolute Gasteiger partial charge is 0.176 e. The zero-order chi connectivity index (χ0) is 16.8. The van der Waals surface area contributed by atoms with Crippen LogP contribution >= 0.6 is 0 Å². The van der Waals surface area contributed by atoms with Crippen LogP contribution in [0.4, 0.5) is 0 Å². The average molecular weight is 326 g/mol. The van der Waals surface area contributed by atoms with Crippen LogP contribution in [0, 0.1) is 0 Å². The summed E-state index contributed by atoms with van der Waals surface area (Å²) in [6, 6.07) is 10.5. The Morgan fingerprint density at radius 3 is 2.09 bits per heavy atom. The highest BCUT2D eigenvalue weighted by atomic mass is 28.3. The van der Waals surface area contributed by atoms with E-state index in [2.05, 4.69) is 58.7 Å². The molecule has 0 radical (unpaired) electrons. The highest BCUT2D eigenvalue weighted by Gasteiger charge is 2.46. The predicted octanol–water partition coefficient (Wildman–Crippen LogP) is 4.95. The van der Waals surface area contributed by atoms with E-state index in [-0.39, 0.29) is 0 Å². The quantitative estimate of drug-likeness (QED) is 0.690. The number of hydrogen-bond acceptors (Lipinski definition) is 2. The van der Waals surface area contributed by atoms with E-state index in [9.17, 15) is 0 Å². The maximum Gasteiger partial charge on any atom is 0.176 e. The summed E-state index contributed by atoms with van der Waals surface area (Å²) in [6.45, 7) is 14.2. The third kappa shape index (κ3) is 2.40. The van der Waals surface area contributed by atoms with Gasteiger partial charge in [0.15, 0.2) is 5.82 Å². The molecule has 3 nitrogen and oxygen atoms in total. The predicted molar refractivity (Wildman–Crippen MR) is 101 cm³/mol. The number of nitrogens with one attached hydrogen (secondary N) is 1. The van der Waals surface area contributed by atoms with Crippen LogP contribution in [0.2, 0.25) is 16.6 Å². The molecule has 2 heterocycles. The van der Waals surface area contributed by atoms with Gasteiger partial charge in [-0.2, -0.15) is 0 Å². The van der Waals surface area contributed by atoms with Gasteiger partial charge in [-0.3, -0.25) is 0 Å². The van der Waals surface area contributed by atoms with Crippen molar-refractivity contribution in [2.75, 3.05) is 0 Å². The van der Waals surface area contributed by atoms with Gasteiger partial charge in [0.1, 0.15) is 8.07 Å². The summed E-state index contributed by atoms with van der Waals surface area (Å²) < 4.78 is 0. The van der Waals surface area contributed by atoms with Gasteiger partial charge in [-0.25, -0.2) is 9.97 Å². The van der Waals surface area contributed by atoms with Gasteiger partial charge in [0, 0.05) is 5.32 Å². The summed E-state index contributed by atoms with van der Waals surface area (Å²) in [4.78, 5) is 13.3. The maximum absolute atomic E-state index is 5.02. The first-order chi connectivity index (χ1) is 10.9. The average Bonchev–Trinajstić information content (AvgIpc) is 2.86. The molecule has 1 N–H and O–H groups in total. The van der Waals surface area contributed by atoms with Crippen LogP contribution in [-0.4, -0.2) is 23.0 Å². The molecule has 0 amide bonds. The summed E-state index contributed by atoms with van der Waals surface area (Å²) in [7, 11) is -1.73. The molecule has 0 fully saturated rings. The van der Waals surface area contributed by atoms with E-state index >= 15 is 0 Å². The SMILES string of the molecule is CC(C)[Si](c1cc2[nH]c3ccccc3nc-2n1)(C(C)C)C(C)C. The maximum atomic E-state index is 5.02. The fourth-order valence-corrected chi connectivity index (χ4v) is 11.1. The van der Waals surface area contributed by atoms with Crippen molar-refractivity contribution in [3.63, 3.8) is 0 Å². The second-order valence-electron chi connectivity index (χ2n) is 7.53. The first-order valence-corrected chi connectivity index (χ1v) is 10.9. The van der Waals surface area contributed by atoms with Crippen molar-refractivity contribution in [1.29, 1.82) is 0 Å². The highest BCUT2D eigenvalue weighted by molar-refractivity contribution is 6.94. The number of hydrogen-bond donors (Lipinski definition) is 1. The van der Waals surface area contributed by atoms with Crippen LogP contribution in [-0.2, 0) is 0 Å². The van der Waals surface area contributed by atoms with Crippen molar-refractivity contribution in [3.8, 4) is 11.5 Å². The zero-order valence-electron chi connectivity index (χ0n) is 15.0. The molecule has 2 aliphatic heterocycles. The lowest BCUT2D eigenvalue weighted by Crippen LogP contribution is -2.56. The van der Waals surface area contributed by atoms with Crippen molar-refractivity contribution < 1.29 is 0 Å². The highest BCUT2D eigenvalue weighted by Crippen LogP contribution is 2.41. The number of benzene rings is 1. The van der Waals surface area contributed by atoms with E-state index in [0.717, 1.165) is 22.6 Å². The van der Waals surface area contributed by atoms with Gasteiger partial charge in [0.05, 0.1) is 16.7 Å². The lowest BCUT2D eigenvalue weighted by Gasteiger charge is -2.41. The fourth-order valence-electron chi connectivity index (χ4n) is 4.63. The fraction of sp³-hybridized carbons (Fsp3) is 0.474. The first kappa shape index (κ1) is 16.2. The van der Waals surface area contributed by atoms with E-state index in [1.54, 1.807) is 0 Å². The molecule has 0 unspecified atom stereocenters. The van der Waals surface area contributed by atoms with Crippen LogP contribution in [0.15, 0.2) is 30.3 Å². The van der Waals surface area contributed by atoms with Crippen molar-refractivity contribution in [2.45, 2.75) is 58.2 Å². The molecule has 0 saturated heterocycles. The minimum absolute atomic E-state index is 0.654. The Hall–Kier alpha value is -1.68. The number of rotatable bonds is 4. The molecule has 23 heavy (non-hydrogen) atoms. The Bertz CT molecular complexity index is 717. The molecule has 122 valence electrons. The van der Waals surface area contributed by atoms with Crippen LogP contribution < -0.4 is 5.32 Å². The van der Waals surface area contributed by atoms with Crippen molar-refractivity contribution in [2.24, 2.45) is 0 Å². The van der Waals surface area contributed by atoms with Crippen LogP contribution in [0.1, 0.15) is 41.5 Å². The summed E-state index contributed by atoms with van der Waals surface area (Å²) in [5, 5.41) is 1.31. The Balaban J connectivity index is 2.26. The molecule has 2 aliphatic rings. The number of nitrogens with zero attached hydrogens (tertiary/aromatic N) is 2. The lowest BCUT2D eigenvalue weighted by molar-refractivity contribution is 0.832. The van der Waals surface area contributed by atoms with E-state index < -0.39 is 8.07 Å². The monoisotopic (exact) mass is 325 g/mol. The molecule has 1 aromatic carbocycles. The standard InChI is InChI=1S/C19H27N3Si/c1-12(2)23(13(3)4,14(5)6)18-11-17-19(22-18)21-16-10-8-7-9-15(16)20-17/h7-14,20H,1-6H3. The topological polar surface area (TPSA) is 41.6 Å². The molecule has 0 atom stereocenters. The molecule has 0 aliphatic carbocycles. The summed E-state index contributed by atoms with van der Waals surface area (Å²) in [5.74, 6) is 0.859. The van der Waals surface area contributed by atoms with E-state index in [4.69, 9.17) is 9.97 Å². The van der Waals surface area contributed by atoms with Gasteiger partial charge in [-0.05, 0) is 34.8 Å². The largest absolute Gasteiger partial charge is 0.351 e. The first-order valence-electron chi connectivity index (χ1n) is 8.63. The van der Waals surface area contributed by atoms with Gasteiger partial charge in [0.2, 0.25) is 0 Å². The molecule has 1 aromatic rings. The van der Waals surface area contributed by atoms with Gasteiger partial charge < -0.3 is 4.98 Å². The zero-order valence-corrected chi connectivity index (χ0v) is 16.0. The number of H-pyrrole nitrogens is 1. The Morgan fingerprint density at radius 2 is 1.48 bits per heavy atom. The molecule has 0 aromatic heterocycles. The second-order valence-corrected chi connectivity index (χ2v) is 13.4. The third-order valence-corrected chi connectivity index (χ3v) is 12.3. The number of para-hydroxylation sites is 2. The van der Waals surface area contributed by atoms with E-state index in [0.29, 0.717) is 16.6 Å². The van der Waals surface area contributed by atoms with Crippen LogP contribution in [0.25, 0.3) is 22.6 Å². The normalized spacial score (nSPS) is 13.1. The van der Waals surface area contributed by atoms with Crippen molar-refractivity contribution in [3.05, 3.63) is 30.3 Å². The second kappa shape index (κ2) is 5.75. The van der Waals surface area contributed by atoms with Gasteiger partial charge >= 0.3 is 0 Å². The minimum atomic E-state index is -1.73. The molecule has 3 rings (SSSR count). The number of aromatic nitrogens is 3. The Labute approximate surface area is 139 Å². The molecule has 0 spiro atoms. The molecular formula is C19H27N3Si. The minimum Gasteiger partial charge on any atom is -0.351 e. The van der Waals surface area contributed by atoms with E-state index in [1.807, 2.05) is 18.2 Å². The van der Waals surface area contributed by atoms with Crippen LogP contribution in [0.5, 0.6) is 0 Å². The molecule has 0 saturated carbocycles. The lowest BCUT2D eigenvalue weighted by atomic mass is 10.3. The van der Waals surface area contributed by atoms with Crippen LogP contribution in [0.3, 0.4) is 0 Å². The third-order valence-electron chi connectivity index (χ3n) is 5.46. The summed E-state index contributed by atoms with van der Waals surface area (Å²) >= 11 is 0. The Morgan fingerprint density at radius 1 is 0.870 bits per heavy atom. The van der Waals surface area contributed by atoms with E-state index in [1.165, 1.54) is 5.32 Å².